The zero-order valence-corrected chi connectivity index (χ0v) is 24.3. The molecule has 0 spiro atoms. The van der Waals surface area contributed by atoms with Gasteiger partial charge in [-0.05, 0) is 50.7 Å². The topological polar surface area (TPSA) is 146 Å². The lowest BCUT2D eigenvalue weighted by Gasteiger charge is -2.27. The molecule has 9 heteroatoms. The largest absolute Gasteiger partial charge is 0.458 e. The predicted molar refractivity (Wildman–Crippen MR) is 146 cm³/mol. The lowest BCUT2D eigenvalue weighted by molar-refractivity contribution is -0.151. The molecule has 222 valence electrons. The van der Waals surface area contributed by atoms with E-state index in [9.17, 15) is 30.0 Å². The molecule has 0 bridgehead atoms. The number of cyclic esters (lactones) is 1. The number of rotatable bonds is 9. The van der Waals surface area contributed by atoms with Gasteiger partial charge in [0, 0.05) is 18.8 Å². The molecule has 1 fully saturated rings. The van der Waals surface area contributed by atoms with Crippen LogP contribution < -0.4 is 0 Å². The Balaban J connectivity index is 2.19. The molecule has 4 N–H and O–H groups in total. The van der Waals surface area contributed by atoms with E-state index in [4.69, 9.17) is 14.2 Å². The number of hydrogen-bond donors (Lipinski definition) is 4. The minimum atomic E-state index is -1.60. The Morgan fingerprint density at radius 1 is 1.21 bits per heavy atom. The molecule has 0 radical (unpaired) electrons. The first-order valence-electron chi connectivity index (χ1n) is 14.0. The Kier molecular flexibility index (Phi) is 12.4. The molecule has 2 aliphatic heterocycles. The Labute approximate surface area is 232 Å². The molecule has 0 saturated carbocycles. The highest BCUT2D eigenvalue weighted by molar-refractivity contribution is 5.70. The number of epoxide rings is 1. The maximum atomic E-state index is 12.6. The van der Waals surface area contributed by atoms with Gasteiger partial charge in [0.1, 0.15) is 30.0 Å². The molecular formula is C30H48O9. The zero-order valence-electron chi connectivity index (χ0n) is 24.3. The second-order valence-electron chi connectivity index (χ2n) is 11.5. The quantitative estimate of drug-likeness (QED) is 0.147. The van der Waals surface area contributed by atoms with Crippen molar-refractivity contribution in [1.29, 1.82) is 0 Å². The highest BCUT2D eigenvalue weighted by Gasteiger charge is 2.53. The van der Waals surface area contributed by atoms with Gasteiger partial charge in [0.15, 0.2) is 0 Å². The van der Waals surface area contributed by atoms with Crippen LogP contribution in [0.3, 0.4) is 0 Å². The van der Waals surface area contributed by atoms with Gasteiger partial charge in [-0.15, -0.1) is 0 Å². The molecule has 11 atom stereocenters. The summed E-state index contributed by atoms with van der Waals surface area (Å²) in [5.41, 5.74) is -0.912. The number of allylic oxidation sites excluding steroid dienone is 2. The highest BCUT2D eigenvalue weighted by atomic mass is 16.6. The van der Waals surface area contributed by atoms with Gasteiger partial charge in [0.05, 0.1) is 24.7 Å². The van der Waals surface area contributed by atoms with Crippen molar-refractivity contribution in [2.75, 3.05) is 0 Å². The molecule has 11 unspecified atom stereocenters. The first kappa shape index (κ1) is 33.2. The van der Waals surface area contributed by atoms with E-state index >= 15 is 0 Å². The van der Waals surface area contributed by atoms with Crippen molar-refractivity contribution in [3.8, 4) is 0 Å². The van der Waals surface area contributed by atoms with Gasteiger partial charge in [-0.2, -0.15) is 0 Å². The lowest BCUT2D eigenvalue weighted by Crippen LogP contribution is -2.42. The van der Waals surface area contributed by atoms with E-state index < -0.39 is 54.2 Å². The summed E-state index contributed by atoms with van der Waals surface area (Å²) in [7, 11) is 0. The molecule has 0 aromatic carbocycles. The van der Waals surface area contributed by atoms with Crippen molar-refractivity contribution in [1.82, 2.24) is 0 Å². The first-order chi connectivity index (χ1) is 18.2. The van der Waals surface area contributed by atoms with Crippen LogP contribution in [-0.4, -0.2) is 80.7 Å². The van der Waals surface area contributed by atoms with Crippen LogP contribution in [0.1, 0.15) is 74.1 Å². The fourth-order valence-electron chi connectivity index (χ4n) is 4.97. The molecule has 0 aromatic heterocycles. The SMILES string of the molecule is CCC(O)C(C)C1OC1C(O)C(C)(O)/C=C/C=C(\C)C1OC(=O)CC(O)CCC(C)C(OC(C)=O)/C=C/C1C. The average molecular weight is 553 g/mol. The number of carbonyl (C=O) groups excluding carboxylic acids is 2. The van der Waals surface area contributed by atoms with Crippen LogP contribution in [0.2, 0.25) is 0 Å². The third-order valence-corrected chi connectivity index (χ3v) is 7.82. The third-order valence-electron chi connectivity index (χ3n) is 7.82. The first-order valence-corrected chi connectivity index (χ1v) is 14.0. The van der Waals surface area contributed by atoms with Crippen LogP contribution in [0.15, 0.2) is 36.0 Å². The fourth-order valence-corrected chi connectivity index (χ4v) is 4.97. The Bertz CT molecular complexity index is 908. The molecule has 2 aliphatic rings. The molecule has 0 aromatic rings. The summed E-state index contributed by atoms with van der Waals surface area (Å²) in [5.74, 6) is -1.40. The van der Waals surface area contributed by atoms with Gasteiger partial charge < -0.3 is 34.6 Å². The third kappa shape index (κ3) is 9.83. The summed E-state index contributed by atoms with van der Waals surface area (Å²) in [5, 5.41) is 42.0. The Hall–Kier alpha value is -2.04. The number of carbonyl (C=O) groups is 2. The maximum absolute atomic E-state index is 12.6. The van der Waals surface area contributed by atoms with Crippen LogP contribution in [0, 0.1) is 17.8 Å². The molecule has 9 nitrogen and oxygen atoms in total. The summed E-state index contributed by atoms with van der Waals surface area (Å²) >= 11 is 0. The smallest absolute Gasteiger partial charge is 0.309 e. The molecular weight excluding hydrogens is 504 g/mol. The highest BCUT2D eigenvalue weighted by Crippen LogP contribution is 2.38. The van der Waals surface area contributed by atoms with Crippen LogP contribution in [0.4, 0.5) is 0 Å². The van der Waals surface area contributed by atoms with Crippen molar-refractivity contribution in [3.05, 3.63) is 36.0 Å². The minimum absolute atomic E-state index is 0.0441. The van der Waals surface area contributed by atoms with Crippen LogP contribution in [0.25, 0.3) is 0 Å². The molecule has 0 amide bonds. The van der Waals surface area contributed by atoms with Gasteiger partial charge in [-0.3, -0.25) is 9.59 Å². The number of esters is 2. The van der Waals surface area contributed by atoms with E-state index in [0.717, 1.165) is 0 Å². The van der Waals surface area contributed by atoms with Crippen molar-refractivity contribution >= 4 is 11.9 Å². The maximum Gasteiger partial charge on any atom is 0.309 e. The standard InChI is InChI=1S/C30H48O9/c1-8-23(33)20(5)27-28(39-27)29(35)30(7,36)15-9-10-18(3)26-19(4)12-14-24(37-21(6)31)17(2)11-13-22(32)16-25(34)38-26/h9-10,12,14-15,17,19-20,22-24,26-29,32-33,35-36H,8,11,13,16H2,1-7H3/b14-12+,15-9+,18-10+. The van der Waals surface area contributed by atoms with E-state index in [-0.39, 0.29) is 30.3 Å². The van der Waals surface area contributed by atoms with Crippen molar-refractivity contribution < 1.29 is 44.2 Å². The second kappa shape index (κ2) is 14.6. The van der Waals surface area contributed by atoms with E-state index in [1.807, 2.05) is 33.8 Å². The van der Waals surface area contributed by atoms with E-state index in [1.165, 1.54) is 19.9 Å². The van der Waals surface area contributed by atoms with Crippen molar-refractivity contribution in [2.24, 2.45) is 17.8 Å². The zero-order chi connectivity index (χ0) is 29.5. The van der Waals surface area contributed by atoms with Crippen LogP contribution in [0.5, 0.6) is 0 Å². The summed E-state index contributed by atoms with van der Waals surface area (Å²) < 4.78 is 16.8. The lowest BCUT2D eigenvalue weighted by atomic mass is 9.89. The normalized spacial score (nSPS) is 35.5. The fraction of sp³-hybridized carbons (Fsp3) is 0.733. The van der Waals surface area contributed by atoms with Crippen molar-refractivity contribution in [2.45, 2.75) is 122 Å². The van der Waals surface area contributed by atoms with E-state index in [1.54, 1.807) is 25.2 Å². The van der Waals surface area contributed by atoms with Crippen LogP contribution in [-0.2, 0) is 23.8 Å². The molecule has 2 heterocycles. The van der Waals surface area contributed by atoms with E-state index in [2.05, 4.69) is 0 Å². The average Bonchev–Trinajstić information content (AvgIpc) is 3.66. The monoisotopic (exact) mass is 552 g/mol. The summed E-state index contributed by atoms with van der Waals surface area (Å²) in [6.07, 6.45) is 5.15. The summed E-state index contributed by atoms with van der Waals surface area (Å²) in [6.45, 7) is 12.2. The number of aliphatic hydroxyl groups is 4. The van der Waals surface area contributed by atoms with Gasteiger partial charge >= 0.3 is 11.9 Å². The number of ether oxygens (including phenoxy) is 3. The minimum Gasteiger partial charge on any atom is -0.458 e. The van der Waals surface area contributed by atoms with E-state index in [0.29, 0.717) is 24.8 Å². The van der Waals surface area contributed by atoms with Gasteiger partial charge in [-0.25, -0.2) is 0 Å². The summed E-state index contributed by atoms with van der Waals surface area (Å²) in [4.78, 5) is 24.2. The Morgan fingerprint density at radius 3 is 2.49 bits per heavy atom. The van der Waals surface area contributed by atoms with Gasteiger partial charge in [0.25, 0.3) is 0 Å². The molecule has 1 saturated heterocycles. The Morgan fingerprint density at radius 2 is 1.87 bits per heavy atom. The number of hydrogen-bond acceptors (Lipinski definition) is 9. The molecule has 2 rings (SSSR count). The second-order valence-corrected chi connectivity index (χ2v) is 11.5. The summed E-state index contributed by atoms with van der Waals surface area (Å²) in [6, 6.07) is 0. The number of aliphatic hydroxyl groups excluding tert-OH is 3. The van der Waals surface area contributed by atoms with Crippen LogP contribution >= 0.6 is 0 Å². The van der Waals surface area contributed by atoms with Crippen molar-refractivity contribution in [3.63, 3.8) is 0 Å². The predicted octanol–water partition coefficient (Wildman–Crippen LogP) is 2.99. The van der Waals surface area contributed by atoms with Gasteiger partial charge in [-0.1, -0.05) is 52.0 Å². The van der Waals surface area contributed by atoms with Gasteiger partial charge in [0.2, 0.25) is 0 Å². The molecule has 0 aliphatic carbocycles. The molecule has 39 heavy (non-hydrogen) atoms.